The lowest BCUT2D eigenvalue weighted by atomic mass is 10.4. The molecule has 0 aliphatic carbocycles. The van der Waals surface area contributed by atoms with E-state index in [0.29, 0.717) is 5.69 Å². The van der Waals surface area contributed by atoms with Gasteiger partial charge in [0.25, 0.3) is 0 Å². The third-order valence-corrected chi connectivity index (χ3v) is 2.70. The van der Waals surface area contributed by atoms with E-state index in [1.165, 1.54) is 17.9 Å². The number of nitrogens with zero attached hydrogens (tertiary/aromatic N) is 3. The monoisotopic (exact) mass is 330 g/mol. The van der Waals surface area contributed by atoms with Gasteiger partial charge in [0.1, 0.15) is 0 Å². The first kappa shape index (κ1) is 12.8. The van der Waals surface area contributed by atoms with Crippen LogP contribution < -0.4 is 10.1 Å². The van der Waals surface area contributed by atoms with Gasteiger partial charge in [-0.2, -0.15) is 5.10 Å². The Hall–Kier alpha value is -1.60. The van der Waals surface area contributed by atoms with Gasteiger partial charge < -0.3 is 10.1 Å². The largest absolute Gasteiger partial charge is 0.412 e. The molecule has 2 aromatic heterocycles. The molecule has 0 radical (unpaired) electrons. The van der Waals surface area contributed by atoms with Crippen LogP contribution in [0.4, 0.5) is 4.79 Å². The van der Waals surface area contributed by atoms with Gasteiger partial charge in [0.2, 0.25) is 0 Å². The minimum absolute atomic E-state index is 0.0959. The van der Waals surface area contributed by atoms with E-state index >= 15 is 0 Å². The van der Waals surface area contributed by atoms with Crippen molar-refractivity contribution in [1.82, 2.24) is 20.1 Å². The van der Waals surface area contributed by atoms with E-state index < -0.39 is 6.09 Å². The Labute approximate surface area is 116 Å². The zero-order valence-corrected chi connectivity index (χ0v) is 11.6. The van der Waals surface area contributed by atoms with Crippen LogP contribution in [-0.2, 0) is 0 Å². The van der Waals surface area contributed by atoms with Crippen LogP contribution in [0.15, 0.2) is 29.1 Å². The summed E-state index contributed by atoms with van der Waals surface area (Å²) in [6, 6.07) is 1.81. The molecule has 94 valence electrons. The molecule has 0 aromatic carbocycles. The van der Waals surface area contributed by atoms with E-state index in [2.05, 4.69) is 31.3 Å². The molecule has 0 aliphatic heterocycles. The van der Waals surface area contributed by atoms with E-state index in [4.69, 9.17) is 16.3 Å². The first-order chi connectivity index (χ1) is 8.60. The van der Waals surface area contributed by atoms with Crippen LogP contribution in [0.5, 0.6) is 5.75 Å². The second kappa shape index (κ2) is 5.36. The smallest absolute Gasteiger partial charge is 0.405 e. The van der Waals surface area contributed by atoms with Crippen molar-refractivity contribution in [2.45, 2.75) is 0 Å². The highest BCUT2D eigenvalue weighted by atomic mass is 79.9. The van der Waals surface area contributed by atoms with Crippen LogP contribution in [0.2, 0.25) is 5.15 Å². The average Bonchev–Trinajstić information content (AvgIpc) is 2.71. The maximum Gasteiger partial charge on any atom is 0.412 e. The van der Waals surface area contributed by atoms with Crippen LogP contribution in [0.1, 0.15) is 0 Å². The molecule has 0 bridgehead atoms. The van der Waals surface area contributed by atoms with Crippen molar-refractivity contribution in [2.24, 2.45) is 0 Å². The number of carbonyl (C=O) groups excluding carboxylic acids is 1. The summed E-state index contributed by atoms with van der Waals surface area (Å²) in [4.78, 5) is 15.1. The van der Waals surface area contributed by atoms with Gasteiger partial charge in [0.15, 0.2) is 10.9 Å². The molecule has 0 saturated heterocycles. The zero-order valence-electron chi connectivity index (χ0n) is 9.22. The highest BCUT2D eigenvalue weighted by molar-refractivity contribution is 9.10. The molecule has 0 unspecified atom stereocenters. The van der Waals surface area contributed by atoms with Crippen molar-refractivity contribution in [2.75, 3.05) is 7.05 Å². The molecule has 1 amide bonds. The maximum atomic E-state index is 11.1. The molecule has 1 N–H and O–H groups in total. The molecular formula is C10H8BrClN4O2. The van der Waals surface area contributed by atoms with E-state index in [-0.39, 0.29) is 10.9 Å². The number of halogens is 2. The highest BCUT2D eigenvalue weighted by Gasteiger charge is 2.12. The van der Waals surface area contributed by atoms with Gasteiger partial charge in [0, 0.05) is 17.7 Å². The maximum absolute atomic E-state index is 11.1. The van der Waals surface area contributed by atoms with Crippen LogP contribution in [0.25, 0.3) is 5.69 Å². The van der Waals surface area contributed by atoms with E-state index in [9.17, 15) is 4.79 Å². The summed E-state index contributed by atoms with van der Waals surface area (Å²) in [6.45, 7) is 0. The lowest BCUT2D eigenvalue weighted by molar-refractivity contribution is 0.203. The summed E-state index contributed by atoms with van der Waals surface area (Å²) in [5, 5.41) is 6.44. The standard InChI is InChI=1S/C10H8BrClN4O2/c1-13-10(17)18-8-5-16(15-9(8)12)7-2-6(11)3-14-4-7/h2-5H,1H3,(H,13,17). The lowest BCUT2D eigenvalue weighted by Gasteiger charge is -2.00. The number of pyridine rings is 1. The second-order valence-electron chi connectivity index (χ2n) is 3.23. The Bertz CT molecular complexity index is 587. The molecule has 6 nitrogen and oxygen atoms in total. The number of ether oxygens (including phenoxy) is 1. The Morgan fingerprint density at radius 1 is 1.56 bits per heavy atom. The topological polar surface area (TPSA) is 69.0 Å². The lowest BCUT2D eigenvalue weighted by Crippen LogP contribution is -2.21. The number of rotatable bonds is 2. The van der Waals surface area contributed by atoms with Gasteiger partial charge >= 0.3 is 6.09 Å². The summed E-state index contributed by atoms with van der Waals surface area (Å²) in [7, 11) is 1.46. The summed E-state index contributed by atoms with van der Waals surface area (Å²) in [5.41, 5.74) is 0.693. The highest BCUT2D eigenvalue weighted by Crippen LogP contribution is 2.24. The van der Waals surface area contributed by atoms with Crippen molar-refractivity contribution in [3.05, 3.63) is 34.3 Å². The predicted octanol–water partition coefficient (Wildman–Crippen LogP) is 2.40. The summed E-state index contributed by atoms with van der Waals surface area (Å²) >= 11 is 9.17. The number of nitrogens with one attached hydrogen (secondary N) is 1. The van der Waals surface area contributed by atoms with Crippen molar-refractivity contribution in [3.63, 3.8) is 0 Å². The molecule has 18 heavy (non-hydrogen) atoms. The van der Waals surface area contributed by atoms with E-state index in [1.54, 1.807) is 18.5 Å². The molecule has 2 heterocycles. The molecule has 0 aliphatic rings. The number of hydrogen-bond acceptors (Lipinski definition) is 4. The quantitative estimate of drug-likeness (QED) is 0.917. The minimum atomic E-state index is -0.608. The van der Waals surface area contributed by atoms with E-state index in [0.717, 1.165) is 4.47 Å². The van der Waals surface area contributed by atoms with Crippen LogP contribution in [0, 0.1) is 0 Å². The molecule has 0 spiro atoms. The molecule has 0 saturated carbocycles. The van der Waals surface area contributed by atoms with Crippen molar-refractivity contribution in [3.8, 4) is 11.4 Å². The number of hydrogen-bond donors (Lipinski definition) is 1. The van der Waals surface area contributed by atoms with Crippen LogP contribution >= 0.6 is 27.5 Å². The fraction of sp³-hybridized carbons (Fsp3) is 0.100. The third-order valence-electron chi connectivity index (χ3n) is 2.00. The van der Waals surface area contributed by atoms with Crippen molar-refractivity contribution < 1.29 is 9.53 Å². The Kier molecular flexibility index (Phi) is 3.83. The van der Waals surface area contributed by atoms with Gasteiger partial charge in [0.05, 0.1) is 18.1 Å². The Morgan fingerprint density at radius 3 is 3.00 bits per heavy atom. The molecule has 0 atom stereocenters. The first-order valence-electron chi connectivity index (χ1n) is 4.86. The minimum Gasteiger partial charge on any atom is -0.405 e. The van der Waals surface area contributed by atoms with Gasteiger partial charge in [-0.3, -0.25) is 4.98 Å². The second-order valence-corrected chi connectivity index (χ2v) is 4.50. The summed E-state index contributed by atoms with van der Waals surface area (Å²) < 4.78 is 7.21. The van der Waals surface area contributed by atoms with E-state index in [1.807, 2.05) is 0 Å². The Morgan fingerprint density at radius 2 is 2.33 bits per heavy atom. The first-order valence-corrected chi connectivity index (χ1v) is 6.03. The molecule has 0 fully saturated rings. The van der Waals surface area contributed by atoms with Gasteiger partial charge in [-0.15, -0.1) is 0 Å². The SMILES string of the molecule is CNC(=O)Oc1cn(-c2cncc(Br)c2)nc1Cl. The molecule has 2 rings (SSSR count). The number of aromatic nitrogens is 3. The molecular weight excluding hydrogens is 323 g/mol. The third kappa shape index (κ3) is 2.80. The zero-order chi connectivity index (χ0) is 13.1. The van der Waals surface area contributed by atoms with Gasteiger partial charge in [-0.25, -0.2) is 9.48 Å². The van der Waals surface area contributed by atoms with Crippen LogP contribution in [0.3, 0.4) is 0 Å². The molecule has 8 heteroatoms. The number of amides is 1. The van der Waals surface area contributed by atoms with Crippen molar-refractivity contribution in [1.29, 1.82) is 0 Å². The fourth-order valence-corrected chi connectivity index (χ4v) is 1.74. The Balaban J connectivity index is 2.31. The summed E-state index contributed by atoms with van der Waals surface area (Å²) in [5.74, 6) is 0.177. The summed E-state index contributed by atoms with van der Waals surface area (Å²) in [6.07, 6.45) is 4.15. The average molecular weight is 332 g/mol. The molecule has 2 aromatic rings. The number of carbonyl (C=O) groups is 1. The van der Waals surface area contributed by atoms with Crippen LogP contribution in [-0.4, -0.2) is 27.9 Å². The van der Waals surface area contributed by atoms with Gasteiger partial charge in [-0.05, 0) is 22.0 Å². The normalized spacial score (nSPS) is 10.2. The predicted molar refractivity (Wildman–Crippen MR) is 69.2 cm³/mol. The van der Waals surface area contributed by atoms with Crippen molar-refractivity contribution >= 4 is 33.6 Å². The van der Waals surface area contributed by atoms with Gasteiger partial charge in [-0.1, -0.05) is 11.6 Å². The fourth-order valence-electron chi connectivity index (χ4n) is 1.21.